The van der Waals surface area contributed by atoms with Gasteiger partial charge in [-0.15, -0.1) is 11.3 Å². The van der Waals surface area contributed by atoms with Gasteiger partial charge in [-0.2, -0.15) is 0 Å². The fourth-order valence-electron chi connectivity index (χ4n) is 7.94. The Balaban J connectivity index is 0.897. The lowest BCUT2D eigenvalue weighted by Gasteiger charge is -2.11. The second-order valence-corrected chi connectivity index (χ2v) is 15.1. The highest BCUT2D eigenvalue weighted by Crippen LogP contribution is 2.42. The highest BCUT2D eigenvalue weighted by atomic mass is 32.1. The van der Waals surface area contributed by atoms with E-state index in [1.807, 2.05) is 24.4 Å². The average Bonchev–Trinajstić information content (AvgIpc) is 3.87. The van der Waals surface area contributed by atoms with Gasteiger partial charge >= 0.3 is 0 Å². The van der Waals surface area contributed by atoms with Crippen LogP contribution in [0.3, 0.4) is 0 Å². The van der Waals surface area contributed by atoms with Crippen LogP contribution >= 0.6 is 11.3 Å². The number of rotatable bonds is 6. The first-order valence-electron chi connectivity index (χ1n) is 18.8. The van der Waals surface area contributed by atoms with Crippen molar-refractivity contribution in [2.24, 2.45) is 0 Å². The Hall–Kier alpha value is -7.21. The lowest BCUT2D eigenvalue weighted by atomic mass is 9.96. The van der Waals surface area contributed by atoms with Crippen molar-refractivity contribution in [2.45, 2.75) is 0 Å². The van der Waals surface area contributed by atoms with Gasteiger partial charge in [0.25, 0.3) is 0 Å². The monoisotopic (exact) mass is 732 g/mol. The Morgan fingerprint density at radius 2 is 1.02 bits per heavy atom. The summed E-state index contributed by atoms with van der Waals surface area (Å²) in [6.07, 6.45) is 1.86. The summed E-state index contributed by atoms with van der Waals surface area (Å²) in [4.78, 5) is 15.0. The molecular formula is C51H32N4S. The smallest absolute Gasteiger partial charge is 0.145 e. The van der Waals surface area contributed by atoms with E-state index in [2.05, 4.69) is 174 Å². The molecule has 0 bridgehead atoms. The van der Waals surface area contributed by atoms with Crippen molar-refractivity contribution in [3.8, 4) is 61.7 Å². The maximum absolute atomic E-state index is 5.18. The fourth-order valence-corrected chi connectivity index (χ4v) is 9.16. The first kappa shape index (κ1) is 32.2. The van der Waals surface area contributed by atoms with Crippen molar-refractivity contribution in [3.05, 3.63) is 194 Å². The second kappa shape index (κ2) is 13.3. The van der Waals surface area contributed by atoms with Crippen molar-refractivity contribution >= 4 is 53.6 Å². The van der Waals surface area contributed by atoms with Gasteiger partial charge in [0.05, 0.1) is 32.5 Å². The van der Waals surface area contributed by atoms with E-state index >= 15 is 0 Å². The third-order valence-electron chi connectivity index (χ3n) is 10.7. The largest absolute Gasteiger partial charge is 0.292 e. The SMILES string of the molecule is c1ccc(-n2c(-c3ccc(-c4cccc(-c5ccc(-c6cccc(-c7nc8cccnc8c8c7sc7ccccc78)c6)cc5)c4)cc3)nc3ccccc32)cc1. The number of hydrogen-bond donors (Lipinski definition) is 0. The Bertz CT molecular complexity index is 3230. The Morgan fingerprint density at radius 3 is 1.75 bits per heavy atom. The van der Waals surface area contributed by atoms with E-state index in [-0.39, 0.29) is 0 Å². The van der Waals surface area contributed by atoms with Crippen LogP contribution in [0.1, 0.15) is 0 Å². The Kier molecular flexibility index (Phi) is 7.64. The number of para-hydroxylation sites is 3. The molecular weight excluding hydrogens is 701 g/mol. The highest BCUT2D eigenvalue weighted by molar-refractivity contribution is 7.26. The van der Waals surface area contributed by atoms with Gasteiger partial charge in [-0.1, -0.05) is 133 Å². The van der Waals surface area contributed by atoms with Crippen molar-refractivity contribution in [2.75, 3.05) is 0 Å². The Labute approximate surface area is 327 Å². The predicted molar refractivity (Wildman–Crippen MR) is 234 cm³/mol. The van der Waals surface area contributed by atoms with Gasteiger partial charge in [0, 0.05) is 38.5 Å². The van der Waals surface area contributed by atoms with E-state index in [1.165, 1.54) is 42.4 Å². The third kappa shape index (κ3) is 5.48. The van der Waals surface area contributed by atoms with Crippen LogP contribution < -0.4 is 0 Å². The maximum atomic E-state index is 5.18. The number of imidazole rings is 1. The average molecular weight is 733 g/mol. The molecule has 4 aromatic heterocycles. The lowest BCUT2D eigenvalue weighted by Crippen LogP contribution is -1.97. The molecule has 0 aliphatic rings. The summed E-state index contributed by atoms with van der Waals surface area (Å²) in [5.41, 5.74) is 15.2. The molecule has 0 spiro atoms. The zero-order valence-corrected chi connectivity index (χ0v) is 31.0. The van der Waals surface area contributed by atoms with Gasteiger partial charge in [0.1, 0.15) is 5.82 Å². The van der Waals surface area contributed by atoms with Gasteiger partial charge in [0.15, 0.2) is 0 Å². The molecule has 0 amide bonds. The summed E-state index contributed by atoms with van der Waals surface area (Å²) in [6, 6.07) is 66.6. The molecule has 0 unspecified atom stereocenters. The summed E-state index contributed by atoms with van der Waals surface area (Å²) in [5.74, 6) is 0.933. The summed E-state index contributed by atoms with van der Waals surface area (Å²) >= 11 is 1.79. The normalized spacial score (nSPS) is 11.6. The van der Waals surface area contributed by atoms with Gasteiger partial charge in [-0.05, 0) is 88.0 Å². The molecule has 0 fully saturated rings. The third-order valence-corrected chi connectivity index (χ3v) is 11.8. The van der Waals surface area contributed by atoms with E-state index in [9.17, 15) is 0 Å². The molecule has 0 N–H and O–H groups in total. The zero-order valence-electron chi connectivity index (χ0n) is 30.2. The van der Waals surface area contributed by atoms with Crippen LogP contribution in [-0.4, -0.2) is 19.5 Å². The highest BCUT2D eigenvalue weighted by Gasteiger charge is 2.18. The van der Waals surface area contributed by atoms with Crippen LogP contribution in [0.15, 0.2) is 194 Å². The number of thiophene rings is 1. The van der Waals surface area contributed by atoms with Gasteiger partial charge < -0.3 is 0 Å². The summed E-state index contributed by atoms with van der Waals surface area (Å²) in [6.45, 7) is 0. The molecule has 262 valence electrons. The second-order valence-electron chi connectivity index (χ2n) is 14.0. The summed E-state index contributed by atoms with van der Waals surface area (Å²) < 4.78 is 4.66. The summed E-state index contributed by atoms with van der Waals surface area (Å²) in [5, 5.41) is 2.41. The molecule has 0 aliphatic carbocycles. The molecule has 56 heavy (non-hydrogen) atoms. The molecule has 0 atom stereocenters. The molecule has 0 saturated carbocycles. The standard InChI is InChI=1S/C51H32N4S/c1-2-15-41(16-3-1)55-45-20-6-5-18-43(45)54-51(55)36-28-26-35(27-29-36)38-12-8-11-37(31-38)33-22-24-34(25-23-33)39-13-9-14-40(32-39)48-50-47(42-17-4-7-21-46(42)56-50)49-44(53-48)19-10-30-52-49/h1-32H. The quantitative estimate of drug-likeness (QED) is 0.171. The van der Waals surface area contributed by atoms with Crippen LogP contribution in [0.2, 0.25) is 0 Å². The zero-order chi connectivity index (χ0) is 37.0. The Morgan fingerprint density at radius 1 is 0.429 bits per heavy atom. The molecule has 0 radical (unpaired) electrons. The van der Waals surface area contributed by atoms with Crippen molar-refractivity contribution < 1.29 is 0 Å². The van der Waals surface area contributed by atoms with E-state index in [1.54, 1.807) is 11.3 Å². The number of fused-ring (bicyclic) bond motifs is 6. The van der Waals surface area contributed by atoms with Crippen molar-refractivity contribution in [3.63, 3.8) is 0 Å². The fraction of sp³-hybridized carbons (Fsp3) is 0. The van der Waals surface area contributed by atoms with Gasteiger partial charge in [-0.3, -0.25) is 9.55 Å². The first-order chi connectivity index (χ1) is 27.7. The first-order valence-corrected chi connectivity index (χ1v) is 19.6. The molecule has 11 aromatic rings. The van der Waals surface area contributed by atoms with Crippen LogP contribution in [0.5, 0.6) is 0 Å². The summed E-state index contributed by atoms with van der Waals surface area (Å²) in [7, 11) is 0. The molecule has 4 heterocycles. The van der Waals surface area contributed by atoms with Gasteiger partial charge in [0.2, 0.25) is 0 Å². The number of benzene rings is 7. The van der Waals surface area contributed by atoms with E-state index in [0.717, 1.165) is 61.5 Å². The molecule has 0 aliphatic heterocycles. The van der Waals surface area contributed by atoms with Crippen molar-refractivity contribution in [1.82, 2.24) is 19.5 Å². The van der Waals surface area contributed by atoms with E-state index in [4.69, 9.17) is 15.0 Å². The number of hydrogen-bond acceptors (Lipinski definition) is 4. The molecule has 0 saturated heterocycles. The predicted octanol–water partition coefficient (Wildman–Crippen LogP) is 13.7. The lowest BCUT2D eigenvalue weighted by molar-refractivity contribution is 1.10. The number of nitrogens with zero attached hydrogens (tertiary/aromatic N) is 4. The van der Waals surface area contributed by atoms with Crippen molar-refractivity contribution in [1.29, 1.82) is 0 Å². The minimum absolute atomic E-state index is 0.912. The van der Waals surface area contributed by atoms with Crippen LogP contribution in [0.25, 0.3) is 104 Å². The molecule has 7 aromatic carbocycles. The van der Waals surface area contributed by atoms with E-state index < -0.39 is 0 Å². The van der Waals surface area contributed by atoms with E-state index in [0.29, 0.717) is 0 Å². The minimum Gasteiger partial charge on any atom is -0.292 e. The topological polar surface area (TPSA) is 43.6 Å². The number of pyridine rings is 2. The molecule has 11 rings (SSSR count). The van der Waals surface area contributed by atoms with Crippen LogP contribution in [0, 0.1) is 0 Å². The minimum atomic E-state index is 0.912. The number of aromatic nitrogens is 4. The maximum Gasteiger partial charge on any atom is 0.145 e. The van der Waals surface area contributed by atoms with Crippen LogP contribution in [-0.2, 0) is 0 Å². The molecule has 5 heteroatoms. The molecule has 4 nitrogen and oxygen atoms in total. The van der Waals surface area contributed by atoms with Crippen LogP contribution in [0.4, 0.5) is 0 Å². The van der Waals surface area contributed by atoms with Gasteiger partial charge in [-0.25, -0.2) is 9.97 Å².